The van der Waals surface area contributed by atoms with Crippen molar-refractivity contribution in [1.82, 2.24) is 19.5 Å². The second-order valence-electron chi connectivity index (χ2n) is 6.92. The van der Waals surface area contributed by atoms with Gasteiger partial charge in [-0.05, 0) is 61.7 Å². The molecular formula is C16H22BrN5O2. The Morgan fingerprint density at radius 1 is 1.46 bits per heavy atom. The van der Waals surface area contributed by atoms with Crippen LogP contribution in [0.4, 0.5) is 10.6 Å². The molecule has 3 heterocycles. The highest BCUT2D eigenvalue weighted by Gasteiger charge is 2.32. The predicted octanol–water partition coefficient (Wildman–Crippen LogP) is 3.30. The summed E-state index contributed by atoms with van der Waals surface area (Å²) in [6.45, 7) is 7.04. The summed E-state index contributed by atoms with van der Waals surface area (Å²) in [5, 5.41) is 7.80. The summed E-state index contributed by atoms with van der Waals surface area (Å²) >= 11 is 3.42. The first-order valence-corrected chi connectivity index (χ1v) is 8.86. The highest BCUT2D eigenvalue weighted by atomic mass is 79.9. The Balaban J connectivity index is 1.64. The summed E-state index contributed by atoms with van der Waals surface area (Å²) < 4.78 is 8.02. The number of rotatable bonds is 3. The van der Waals surface area contributed by atoms with E-state index in [-0.39, 0.29) is 12.1 Å². The number of anilines is 1. The van der Waals surface area contributed by atoms with E-state index in [0.717, 1.165) is 35.5 Å². The summed E-state index contributed by atoms with van der Waals surface area (Å²) in [7, 11) is 0. The van der Waals surface area contributed by atoms with E-state index >= 15 is 0 Å². The van der Waals surface area contributed by atoms with Gasteiger partial charge in [0.25, 0.3) is 0 Å². The lowest BCUT2D eigenvalue weighted by molar-refractivity contribution is 0.0235. The van der Waals surface area contributed by atoms with Crippen LogP contribution in [0.3, 0.4) is 0 Å². The molecule has 3 rings (SSSR count). The van der Waals surface area contributed by atoms with Crippen molar-refractivity contribution in [1.29, 1.82) is 0 Å². The van der Waals surface area contributed by atoms with Gasteiger partial charge in [0.1, 0.15) is 16.0 Å². The number of aromatic nitrogens is 3. The minimum Gasteiger partial charge on any atom is -0.444 e. The number of nitrogens with zero attached hydrogens (tertiary/aromatic N) is 4. The quantitative estimate of drug-likeness (QED) is 0.862. The topological polar surface area (TPSA) is 71.8 Å². The molecule has 24 heavy (non-hydrogen) atoms. The first kappa shape index (κ1) is 17.0. The third-order valence-corrected chi connectivity index (χ3v) is 4.39. The summed E-state index contributed by atoms with van der Waals surface area (Å²) in [4.78, 5) is 18.3. The van der Waals surface area contributed by atoms with Gasteiger partial charge < -0.3 is 15.0 Å². The Morgan fingerprint density at radius 3 is 3.00 bits per heavy atom. The Bertz CT molecular complexity index is 740. The number of imidazole rings is 1. The lowest BCUT2D eigenvalue weighted by Gasteiger charge is -2.28. The molecule has 1 aliphatic heterocycles. The van der Waals surface area contributed by atoms with Crippen molar-refractivity contribution >= 4 is 33.5 Å². The van der Waals surface area contributed by atoms with Crippen molar-refractivity contribution in [2.75, 3.05) is 18.4 Å². The van der Waals surface area contributed by atoms with Crippen molar-refractivity contribution in [3.63, 3.8) is 0 Å². The third-order valence-electron chi connectivity index (χ3n) is 3.84. The average Bonchev–Trinajstić information content (AvgIpc) is 3.11. The first-order valence-electron chi connectivity index (χ1n) is 8.07. The van der Waals surface area contributed by atoms with Gasteiger partial charge in [0, 0.05) is 13.1 Å². The predicted molar refractivity (Wildman–Crippen MR) is 95.1 cm³/mol. The van der Waals surface area contributed by atoms with E-state index in [1.807, 2.05) is 37.8 Å². The Kier molecular flexibility index (Phi) is 4.67. The molecule has 1 amide bonds. The van der Waals surface area contributed by atoms with Crippen molar-refractivity contribution in [3.8, 4) is 0 Å². The van der Waals surface area contributed by atoms with Crippen LogP contribution >= 0.6 is 15.9 Å². The minimum atomic E-state index is -0.474. The number of hydrogen-bond donors (Lipinski definition) is 1. The summed E-state index contributed by atoms with van der Waals surface area (Å²) in [5.74, 6) is 0.747. The van der Waals surface area contributed by atoms with Crippen molar-refractivity contribution in [2.24, 2.45) is 0 Å². The van der Waals surface area contributed by atoms with Gasteiger partial charge in [-0.3, -0.25) is 0 Å². The number of nitrogens with one attached hydrogen (secondary N) is 1. The van der Waals surface area contributed by atoms with E-state index in [9.17, 15) is 4.79 Å². The first-order chi connectivity index (χ1) is 11.3. The van der Waals surface area contributed by atoms with Crippen LogP contribution in [0.2, 0.25) is 0 Å². The van der Waals surface area contributed by atoms with Crippen molar-refractivity contribution in [3.05, 3.63) is 22.9 Å². The molecule has 130 valence electrons. The van der Waals surface area contributed by atoms with Crippen molar-refractivity contribution < 1.29 is 9.53 Å². The standard InChI is InChI=1S/C16H22BrN5O2/c1-16(2,3)24-15(23)21-8-4-5-11(21)9-18-13-6-7-14-19-10-12(17)22(14)20-13/h6-7,10-11H,4-5,8-9H2,1-3H3,(H,18,20)/t11-/m0/s1. The van der Waals surface area contributed by atoms with E-state index in [1.54, 1.807) is 10.7 Å². The van der Waals surface area contributed by atoms with E-state index in [2.05, 4.69) is 31.3 Å². The fourth-order valence-electron chi connectivity index (χ4n) is 2.77. The molecule has 0 aliphatic carbocycles. The largest absolute Gasteiger partial charge is 0.444 e. The van der Waals surface area contributed by atoms with Gasteiger partial charge in [0.15, 0.2) is 5.65 Å². The number of hydrogen-bond acceptors (Lipinski definition) is 5. The zero-order valence-corrected chi connectivity index (χ0v) is 15.7. The summed E-state index contributed by atoms with van der Waals surface area (Å²) in [5.41, 5.74) is 0.307. The van der Waals surface area contributed by atoms with Crippen molar-refractivity contribution in [2.45, 2.75) is 45.3 Å². The van der Waals surface area contributed by atoms with Crippen LogP contribution in [-0.4, -0.2) is 50.3 Å². The fraction of sp³-hybridized carbons (Fsp3) is 0.562. The zero-order valence-electron chi connectivity index (χ0n) is 14.1. The van der Waals surface area contributed by atoms with Crippen LogP contribution in [0.5, 0.6) is 0 Å². The molecule has 1 atom stereocenters. The maximum Gasteiger partial charge on any atom is 0.410 e. The number of carbonyl (C=O) groups is 1. The van der Waals surface area contributed by atoms with Gasteiger partial charge in [0.2, 0.25) is 0 Å². The molecular weight excluding hydrogens is 374 g/mol. The number of halogens is 1. The molecule has 1 N–H and O–H groups in total. The van der Waals surface area contributed by atoms with Gasteiger partial charge in [0.05, 0.1) is 12.2 Å². The van der Waals surface area contributed by atoms with Gasteiger partial charge in [-0.15, -0.1) is 5.10 Å². The van der Waals surface area contributed by atoms with Gasteiger partial charge >= 0.3 is 6.09 Å². The molecule has 1 saturated heterocycles. The van der Waals surface area contributed by atoms with Crippen LogP contribution in [-0.2, 0) is 4.74 Å². The second kappa shape index (κ2) is 6.58. The smallest absolute Gasteiger partial charge is 0.410 e. The number of ether oxygens (including phenoxy) is 1. The Hall–Kier alpha value is -1.83. The van der Waals surface area contributed by atoms with Gasteiger partial charge in [-0.1, -0.05) is 0 Å². The molecule has 0 radical (unpaired) electrons. The van der Waals surface area contributed by atoms with Crippen LogP contribution in [0.25, 0.3) is 5.65 Å². The van der Waals surface area contributed by atoms with Gasteiger partial charge in [-0.2, -0.15) is 0 Å². The van der Waals surface area contributed by atoms with Crippen LogP contribution in [0.1, 0.15) is 33.6 Å². The molecule has 1 aliphatic rings. The summed E-state index contributed by atoms with van der Waals surface area (Å²) in [6, 6.07) is 3.91. The maximum atomic E-state index is 12.3. The number of likely N-dealkylation sites (tertiary alicyclic amines) is 1. The highest BCUT2D eigenvalue weighted by Crippen LogP contribution is 2.21. The fourth-order valence-corrected chi connectivity index (χ4v) is 3.13. The number of amides is 1. The second-order valence-corrected chi connectivity index (χ2v) is 7.73. The van der Waals surface area contributed by atoms with E-state index in [0.29, 0.717) is 6.54 Å². The Morgan fingerprint density at radius 2 is 2.25 bits per heavy atom. The third kappa shape index (κ3) is 3.80. The molecule has 0 saturated carbocycles. The van der Waals surface area contributed by atoms with E-state index in [4.69, 9.17) is 4.74 Å². The lowest BCUT2D eigenvalue weighted by Crippen LogP contribution is -2.42. The minimum absolute atomic E-state index is 0.114. The number of fused-ring (bicyclic) bond motifs is 1. The molecule has 0 unspecified atom stereocenters. The average molecular weight is 396 g/mol. The molecule has 2 aromatic rings. The van der Waals surface area contributed by atoms with Crippen LogP contribution < -0.4 is 5.32 Å². The molecule has 7 nitrogen and oxygen atoms in total. The van der Waals surface area contributed by atoms with E-state index < -0.39 is 5.60 Å². The van der Waals surface area contributed by atoms with E-state index in [1.165, 1.54) is 0 Å². The molecule has 0 bridgehead atoms. The SMILES string of the molecule is CC(C)(C)OC(=O)N1CCC[C@H]1CNc1ccc2ncc(Br)n2n1. The molecule has 2 aromatic heterocycles. The maximum absolute atomic E-state index is 12.3. The molecule has 1 fully saturated rings. The number of carbonyl (C=O) groups excluding carboxylic acids is 1. The molecule has 0 spiro atoms. The Labute approximate surface area is 149 Å². The molecule has 8 heteroatoms. The highest BCUT2D eigenvalue weighted by molar-refractivity contribution is 9.10. The van der Waals surface area contributed by atoms with Gasteiger partial charge in [-0.25, -0.2) is 14.3 Å². The normalized spacial score (nSPS) is 18.2. The lowest BCUT2D eigenvalue weighted by atomic mass is 10.2. The van der Waals surface area contributed by atoms with Crippen LogP contribution in [0, 0.1) is 0 Å². The van der Waals surface area contributed by atoms with Crippen LogP contribution in [0.15, 0.2) is 22.9 Å². The summed E-state index contributed by atoms with van der Waals surface area (Å²) in [6.07, 6.45) is 3.43. The zero-order chi connectivity index (χ0) is 17.3. The molecule has 0 aromatic carbocycles. The monoisotopic (exact) mass is 395 g/mol.